The number of carbonyl (C=O) groups is 1. The number of anilines is 1. The first-order chi connectivity index (χ1) is 8.59. The average molecular weight is 327 g/mol. The summed E-state index contributed by atoms with van der Waals surface area (Å²) in [6.45, 7) is 0. The highest BCUT2D eigenvalue weighted by Gasteiger charge is 2.17. The molecule has 6 heteroatoms. The molecule has 0 atom stereocenters. The van der Waals surface area contributed by atoms with Crippen molar-refractivity contribution in [2.45, 2.75) is 0 Å². The van der Waals surface area contributed by atoms with E-state index in [0.29, 0.717) is 15.7 Å². The Morgan fingerprint density at radius 1 is 1.44 bits per heavy atom. The molecular weight excluding hydrogens is 318 g/mol. The Morgan fingerprint density at radius 2 is 2.22 bits per heavy atom. The molecule has 0 unspecified atom stereocenters. The van der Waals surface area contributed by atoms with Crippen LogP contribution in [0.5, 0.6) is 0 Å². The van der Waals surface area contributed by atoms with Crippen LogP contribution in [-0.2, 0) is 0 Å². The fourth-order valence-electron chi connectivity index (χ4n) is 1.42. The summed E-state index contributed by atoms with van der Waals surface area (Å²) >= 11 is 9.19. The van der Waals surface area contributed by atoms with E-state index in [4.69, 9.17) is 11.6 Å². The van der Waals surface area contributed by atoms with Gasteiger partial charge in [0.15, 0.2) is 0 Å². The molecule has 2 rings (SSSR count). The number of aromatic nitrogens is 2. The number of amides is 1. The molecular formula is C12H9BrClN3O. The second kappa shape index (κ2) is 5.46. The van der Waals surface area contributed by atoms with Crippen LogP contribution in [-0.4, -0.2) is 22.9 Å². The highest BCUT2D eigenvalue weighted by molar-refractivity contribution is 9.10. The third kappa shape index (κ3) is 2.68. The van der Waals surface area contributed by atoms with Crippen LogP contribution >= 0.6 is 27.5 Å². The van der Waals surface area contributed by atoms with E-state index in [1.54, 1.807) is 43.8 Å². The molecule has 2 heterocycles. The lowest BCUT2D eigenvalue weighted by Gasteiger charge is -2.17. The zero-order valence-electron chi connectivity index (χ0n) is 9.47. The van der Waals surface area contributed by atoms with Crippen LogP contribution in [0.1, 0.15) is 10.4 Å². The van der Waals surface area contributed by atoms with Gasteiger partial charge in [0.1, 0.15) is 5.15 Å². The van der Waals surface area contributed by atoms with E-state index in [2.05, 4.69) is 25.9 Å². The molecule has 0 aromatic carbocycles. The number of carbonyl (C=O) groups excluding carboxylic acids is 1. The number of hydrogen-bond acceptors (Lipinski definition) is 3. The van der Waals surface area contributed by atoms with Crippen molar-refractivity contribution in [2.75, 3.05) is 11.9 Å². The van der Waals surface area contributed by atoms with Crippen molar-refractivity contribution >= 4 is 39.1 Å². The lowest BCUT2D eigenvalue weighted by Crippen LogP contribution is -2.26. The normalized spacial score (nSPS) is 10.2. The quantitative estimate of drug-likeness (QED) is 0.796. The van der Waals surface area contributed by atoms with Gasteiger partial charge in [0.2, 0.25) is 0 Å². The minimum Gasteiger partial charge on any atom is -0.310 e. The molecule has 1 amide bonds. The van der Waals surface area contributed by atoms with Crippen LogP contribution in [0.2, 0.25) is 5.15 Å². The molecule has 0 aliphatic carbocycles. The van der Waals surface area contributed by atoms with Crippen LogP contribution < -0.4 is 4.90 Å². The summed E-state index contributed by atoms with van der Waals surface area (Å²) in [5.74, 6) is -0.234. The van der Waals surface area contributed by atoms with E-state index >= 15 is 0 Å². The fraction of sp³-hybridized carbons (Fsp3) is 0.0833. The van der Waals surface area contributed by atoms with E-state index in [0.717, 1.165) is 0 Å². The largest absolute Gasteiger partial charge is 0.310 e. The number of nitrogens with zero attached hydrogens (tertiary/aromatic N) is 3. The van der Waals surface area contributed by atoms with Gasteiger partial charge in [-0.2, -0.15) is 0 Å². The zero-order chi connectivity index (χ0) is 13.1. The Morgan fingerprint density at radius 3 is 2.89 bits per heavy atom. The lowest BCUT2D eigenvalue weighted by molar-refractivity contribution is 0.0992. The molecule has 0 spiro atoms. The van der Waals surface area contributed by atoms with Crippen LogP contribution in [0, 0.1) is 0 Å². The molecule has 0 saturated heterocycles. The van der Waals surface area contributed by atoms with Gasteiger partial charge < -0.3 is 4.90 Å². The van der Waals surface area contributed by atoms with Gasteiger partial charge in [0, 0.05) is 23.9 Å². The summed E-state index contributed by atoms with van der Waals surface area (Å²) in [6.07, 6.45) is 4.80. The van der Waals surface area contributed by atoms with E-state index < -0.39 is 0 Å². The van der Waals surface area contributed by atoms with Gasteiger partial charge in [0.25, 0.3) is 5.91 Å². The van der Waals surface area contributed by atoms with Gasteiger partial charge in [-0.3, -0.25) is 9.78 Å². The van der Waals surface area contributed by atoms with E-state index in [-0.39, 0.29) is 11.1 Å². The summed E-state index contributed by atoms with van der Waals surface area (Å²) in [4.78, 5) is 21.6. The third-order valence-corrected chi connectivity index (χ3v) is 3.11. The lowest BCUT2D eigenvalue weighted by atomic mass is 10.2. The Labute approximate surface area is 118 Å². The molecule has 2 aromatic rings. The minimum atomic E-state index is -0.234. The zero-order valence-corrected chi connectivity index (χ0v) is 11.8. The van der Waals surface area contributed by atoms with Crippen molar-refractivity contribution in [3.05, 3.63) is 52.0 Å². The van der Waals surface area contributed by atoms with E-state index in [1.807, 2.05) is 0 Å². The summed E-state index contributed by atoms with van der Waals surface area (Å²) in [5.41, 5.74) is 1.04. The Bertz CT molecular complexity index is 577. The molecule has 0 bridgehead atoms. The summed E-state index contributed by atoms with van der Waals surface area (Å²) < 4.78 is 0.704. The van der Waals surface area contributed by atoms with Crippen molar-refractivity contribution in [3.63, 3.8) is 0 Å². The molecule has 4 nitrogen and oxygen atoms in total. The smallest absolute Gasteiger partial charge is 0.261 e. The number of hydrogen-bond donors (Lipinski definition) is 0. The van der Waals surface area contributed by atoms with Crippen molar-refractivity contribution in [2.24, 2.45) is 0 Å². The topological polar surface area (TPSA) is 46.1 Å². The molecule has 0 fully saturated rings. The van der Waals surface area contributed by atoms with Crippen LogP contribution in [0.15, 0.2) is 41.3 Å². The first kappa shape index (κ1) is 13.0. The Hall–Kier alpha value is -1.46. The summed E-state index contributed by atoms with van der Waals surface area (Å²) in [5, 5.41) is 0.180. The van der Waals surface area contributed by atoms with Crippen LogP contribution in [0.25, 0.3) is 0 Å². The van der Waals surface area contributed by atoms with Gasteiger partial charge >= 0.3 is 0 Å². The molecule has 2 aromatic heterocycles. The highest BCUT2D eigenvalue weighted by atomic mass is 79.9. The number of rotatable bonds is 2. The maximum Gasteiger partial charge on any atom is 0.261 e. The second-order valence-electron chi connectivity index (χ2n) is 3.57. The van der Waals surface area contributed by atoms with Crippen molar-refractivity contribution in [1.29, 1.82) is 0 Å². The van der Waals surface area contributed by atoms with Gasteiger partial charge in [-0.15, -0.1) is 0 Å². The van der Waals surface area contributed by atoms with Crippen molar-refractivity contribution in [1.82, 2.24) is 9.97 Å². The SMILES string of the molecule is CN(C(=O)c1cc(Br)cnc1Cl)c1cccnc1. The minimum absolute atomic E-state index is 0.180. The third-order valence-electron chi connectivity index (χ3n) is 2.37. The number of pyridine rings is 2. The molecule has 0 N–H and O–H groups in total. The molecule has 0 radical (unpaired) electrons. The maximum atomic E-state index is 12.3. The number of halogens is 2. The first-order valence-electron chi connectivity index (χ1n) is 5.08. The van der Waals surface area contributed by atoms with Crippen molar-refractivity contribution in [3.8, 4) is 0 Å². The van der Waals surface area contributed by atoms with Crippen LogP contribution in [0.3, 0.4) is 0 Å². The van der Waals surface area contributed by atoms with Crippen molar-refractivity contribution < 1.29 is 4.79 Å². The second-order valence-corrected chi connectivity index (χ2v) is 4.84. The monoisotopic (exact) mass is 325 g/mol. The Kier molecular flexibility index (Phi) is 3.93. The van der Waals surface area contributed by atoms with Gasteiger partial charge in [-0.1, -0.05) is 11.6 Å². The summed E-state index contributed by atoms with van der Waals surface area (Å²) in [7, 11) is 1.66. The standard InChI is InChI=1S/C12H9BrClN3O/c1-17(9-3-2-4-15-7-9)12(18)10-5-8(13)6-16-11(10)14/h2-7H,1H3. The maximum absolute atomic E-state index is 12.3. The van der Waals surface area contributed by atoms with E-state index in [9.17, 15) is 4.79 Å². The molecule has 0 aliphatic rings. The molecule has 0 aliphatic heterocycles. The highest BCUT2D eigenvalue weighted by Crippen LogP contribution is 2.21. The predicted molar refractivity (Wildman–Crippen MR) is 73.9 cm³/mol. The van der Waals surface area contributed by atoms with Gasteiger partial charge in [-0.25, -0.2) is 4.98 Å². The Balaban J connectivity index is 2.34. The van der Waals surface area contributed by atoms with E-state index in [1.165, 1.54) is 4.90 Å². The van der Waals surface area contributed by atoms with Crippen LogP contribution in [0.4, 0.5) is 5.69 Å². The predicted octanol–water partition coefficient (Wildman–Crippen LogP) is 3.17. The summed E-state index contributed by atoms with van der Waals surface area (Å²) in [6, 6.07) is 5.20. The molecule has 92 valence electrons. The average Bonchev–Trinajstić information content (AvgIpc) is 2.41. The van der Waals surface area contributed by atoms with Gasteiger partial charge in [-0.05, 0) is 34.1 Å². The van der Waals surface area contributed by atoms with Gasteiger partial charge in [0.05, 0.1) is 17.4 Å². The molecule has 0 saturated carbocycles. The first-order valence-corrected chi connectivity index (χ1v) is 6.26. The fourth-order valence-corrected chi connectivity index (χ4v) is 1.94. The molecule has 18 heavy (non-hydrogen) atoms.